The molecule has 3 N–H and O–H groups in total. The molecule has 0 radical (unpaired) electrons. The highest BCUT2D eigenvalue weighted by Gasteiger charge is 2.30. The molecule has 2 atom stereocenters. The predicted octanol–water partition coefficient (Wildman–Crippen LogP) is 2.46. The molecular formula is C16H24Cl2N4O2. The van der Waals surface area contributed by atoms with Gasteiger partial charge in [0.05, 0.1) is 17.0 Å². The van der Waals surface area contributed by atoms with E-state index in [0.717, 1.165) is 19.3 Å². The number of anilines is 1. The van der Waals surface area contributed by atoms with Gasteiger partial charge in [-0.2, -0.15) is 0 Å². The lowest BCUT2D eigenvalue weighted by Crippen LogP contribution is -2.49. The van der Waals surface area contributed by atoms with Crippen LogP contribution >= 0.6 is 24.0 Å². The Balaban J connectivity index is 0.00000288. The minimum atomic E-state index is -0.472. The number of carbonyl (C=O) groups is 2. The third-order valence-electron chi connectivity index (χ3n) is 4.00. The molecule has 0 saturated carbocycles. The summed E-state index contributed by atoms with van der Waals surface area (Å²) >= 11 is 5.77. The van der Waals surface area contributed by atoms with Crippen LogP contribution in [0.3, 0.4) is 0 Å². The van der Waals surface area contributed by atoms with E-state index >= 15 is 0 Å². The molecule has 0 spiro atoms. The summed E-state index contributed by atoms with van der Waals surface area (Å²) in [5.74, 6) is 0.0416. The van der Waals surface area contributed by atoms with Crippen LogP contribution in [-0.2, 0) is 9.59 Å². The molecule has 2 rings (SSSR count). The minimum Gasteiger partial charge on any atom is -0.341 e. The van der Waals surface area contributed by atoms with Crippen molar-refractivity contribution >= 4 is 41.6 Å². The molecule has 1 saturated heterocycles. The highest BCUT2D eigenvalue weighted by atomic mass is 35.5. The number of halogens is 2. The maximum atomic E-state index is 12.4. The van der Waals surface area contributed by atoms with Gasteiger partial charge in [0.25, 0.3) is 0 Å². The Hall–Kier alpha value is -1.37. The van der Waals surface area contributed by atoms with Crippen LogP contribution < -0.4 is 11.1 Å². The summed E-state index contributed by atoms with van der Waals surface area (Å²) in [4.78, 5) is 30.4. The Morgan fingerprint density at radius 1 is 1.50 bits per heavy atom. The summed E-state index contributed by atoms with van der Waals surface area (Å²) in [7, 11) is 0. The number of nitrogens with one attached hydrogen (secondary N) is 1. The molecule has 0 bridgehead atoms. The van der Waals surface area contributed by atoms with Crippen LogP contribution in [0.1, 0.15) is 32.6 Å². The molecular weight excluding hydrogens is 351 g/mol. The molecule has 8 heteroatoms. The fraction of sp³-hybridized carbons (Fsp3) is 0.562. The summed E-state index contributed by atoms with van der Waals surface area (Å²) in [6.45, 7) is 3.08. The third-order valence-corrected chi connectivity index (χ3v) is 4.22. The molecule has 1 aromatic rings. The van der Waals surface area contributed by atoms with E-state index in [-0.39, 0.29) is 30.1 Å². The van der Waals surface area contributed by atoms with Crippen LogP contribution in [0.4, 0.5) is 5.82 Å². The lowest BCUT2D eigenvalue weighted by atomic mass is 9.96. The normalized spacial score (nSPS) is 18.5. The number of likely N-dealkylation sites (tertiary alicyclic amines) is 1. The van der Waals surface area contributed by atoms with Crippen molar-refractivity contribution in [1.82, 2.24) is 9.88 Å². The number of piperidine rings is 1. The van der Waals surface area contributed by atoms with Crippen molar-refractivity contribution in [2.75, 3.05) is 18.4 Å². The molecule has 1 aliphatic rings. The largest absolute Gasteiger partial charge is 0.341 e. The fourth-order valence-electron chi connectivity index (χ4n) is 2.74. The van der Waals surface area contributed by atoms with Gasteiger partial charge in [0.1, 0.15) is 5.82 Å². The maximum absolute atomic E-state index is 12.4. The summed E-state index contributed by atoms with van der Waals surface area (Å²) in [6.07, 6.45) is 4.58. The number of hydrogen-bond donors (Lipinski definition) is 2. The molecule has 1 aliphatic heterocycles. The van der Waals surface area contributed by atoms with Crippen molar-refractivity contribution in [2.24, 2.45) is 11.7 Å². The highest BCUT2D eigenvalue weighted by molar-refractivity contribution is 6.30. The number of aromatic nitrogens is 1. The molecule has 2 amide bonds. The number of carbonyl (C=O) groups excluding carboxylic acids is 2. The molecule has 1 fully saturated rings. The maximum Gasteiger partial charge on any atom is 0.239 e. The van der Waals surface area contributed by atoms with Crippen molar-refractivity contribution < 1.29 is 9.59 Å². The SMILES string of the molecule is CCCC(N)C(=O)N1CCCC(C(=O)Nc2ccc(Cl)cn2)C1.Cl. The van der Waals surface area contributed by atoms with Crippen LogP contribution in [0, 0.1) is 5.92 Å². The molecule has 0 aliphatic carbocycles. The van der Waals surface area contributed by atoms with Gasteiger partial charge in [-0.05, 0) is 31.4 Å². The van der Waals surface area contributed by atoms with E-state index in [4.69, 9.17) is 17.3 Å². The fourth-order valence-corrected chi connectivity index (χ4v) is 2.85. The molecule has 1 aromatic heterocycles. The quantitative estimate of drug-likeness (QED) is 0.828. The lowest BCUT2D eigenvalue weighted by Gasteiger charge is -2.33. The van der Waals surface area contributed by atoms with Crippen molar-refractivity contribution in [3.63, 3.8) is 0 Å². The number of rotatable bonds is 5. The summed E-state index contributed by atoms with van der Waals surface area (Å²) < 4.78 is 0. The molecule has 134 valence electrons. The smallest absolute Gasteiger partial charge is 0.239 e. The first-order chi connectivity index (χ1) is 11.0. The van der Waals surface area contributed by atoms with Crippen molar-refractivity contribution in [1.29, 1.82) is 0 Å². The minimum absolute atomic E-state index is 0. The third kappa shape index (κ3) is 5.61. The van der Waals surface area contributed by atoms with E-state index < -0.39 is 6.04 Å². The molecule has 2 unspecified atom stereocenters. The zero-order valence-electron chi connectivity index (χ0n) is 13.7. The molecule has 6 nitrogen and oxygen atoms in total. The molecule has 0 aromatic carbocycles. The Morgan fingerprint density at radius 3 is 2.88 bits per heavy atom. The van der Waals surface area contributed by atoms with Crippen LogP contribution in [0.2, 0.25) is 5.02 Å². The van der Waals surface area contributed by atoms with Crippen molar-refractivity contribution in [3.05, 3.63) is 23.4 Å². The van der Waals surface area contributed by atoms with E-state index in [1.807, 2.05) is 6.92 Å². The lowest BCUT2D eigenvalue weighted by molar-refractivity contribution is -0.136. The first kappa shape index (κ1) is 20.7. The number of nitrogens with two attached hydrogens (primary N) is 1. The molecule has 24 heavy (non-hydrogen) atoms. The second-order valence-electron chi connectivity index (χ2n) is 5.87. The zero-order valence-corrected chi connectivity index (χ0v) is 15.3. The van der Waals surface area contributed by atoms with Gasteiger partial charge in [0, 0.05) is 19.3 Å². The number of hydrogen-bond acceptors (Lipinski definition) is 4. The first-order valence-electron chi connectivity index (χ1n) is 7.98. The zero-order chi connectivity index (χ0) is 16.8. The highest BCUT2D eigenvalue weighted by Crippen LogP contribution is 2.19. The van der Waals surface area contributed by atoms with E-state index in [2.05, 4.69) is 10.3 Å². The van der Waals surface area contributed by atoms with Crippen LogP contribution in [0.5, 0.6) is 0 Å². The standard InChI is InChI=1S/C16H23ClN4O2.ClH/c1-2-4-13(18)16(23)21-8-3-5-11(10-21)15(22)20-14-7-6-12(17)9-19-14;/h6-7,9,11,13H,2-5,8,10,18H2,1H3,(H,19,20,22);1H. The van der Waals surface area contributed by atoms with Crippen LogP contribution in [0.25, 0.3) is 0 Å². The van der Waals surface area contributed by atoms with E-state index in [0.29, 0.717) is 30.4 Å². The van der Waals surface area contributed by atoms with E-state index in [9.17, 15) is 9.59 Å². The molecule has 2 heterocycles. The second-order valence-corrected chi connectivity index (χ2v) is 6.31. The average Bonchev–Trinajstić information content (AvgIpc) is 2.56. The predicted molar refractivity (Wildman–Crippen MR) is 97.3 cm³/mol. The van der Waals surface area contributed by atoms with Gasteiger partial charge < -0.3 is 16.0 Å². The van der Waals surface area contributed by atoms with E-state index in [1.54, 1.807) is 17.0 Å². The van der Waals surface area contributed by atoms with E-state index in [1.165, 1.54) is 6.20 Å². The second kappa shape index (κ2) is 9.81. The number of pyridine rings is 1. The Bertz CT molecular complexity index is 554. The van der Waals surface area contributed by atoms with Gasteiger partial charge in [0.15, 0.2) is 0 Å². The Kier molecular flexibility index (Phi) is 8.45. The van der Waals surface area contributed by atoms with Crippen LogP contribution in [0.15, 0.2) is 18.3 Å². The van der Waals surface area contributed by atoms with Gasteiger partial charge in [-0.15, -0.1) is 12.4 Å². The first-order valence-corrected chi connectivity index (χ1v) is 8.35. The van der Waals surface area contributed by atoms with Crippen molar-refractivity contribution in [2.45, 2.75) is 38.6 Å². The summed E-state index contributed by atoms with van der Waals surface area (Å²) in [5.41, 5.74) is 5.90. The van der Waals surface area contributed by atoms with Gasteiger partial charge >= 0.3 is 0 Å². The van der Waals surface area contributed by atoms with Crippen molar-refractivity contribution in [3.8, 4) is 0 Å². The summed E-state index contributed by atoms with van der Waals surface area (Å²) in [6, 6.07) is 2.85. The van der Waals surface area contributed by atoms with Gasteiger partial charge in [-0.1, -0.05) is 24.9 Å². The number of amides is 2. The van der Waals surface area contributed by atoms with Gasteiger partial charge in [0.2, 0.25) is 11.8 Å². The topological polar surface area (TPSA) is 88.3 Å². The monoisotopic (exact) mass is 374 g/mol. The average molecular weight is 375 g/mol. The summed E-state index contributed by atoms with van der Waals surface area (Å²) in [5, 5.41) is 3.29. The Morgan fingerprint density at radius 2 is 2.25 bits per heavy atom. The van der Waals surface area contributed by atoms with Crippen LogP contribution in [-0.4, -0.2) is 40.8 Å². The Labute approximate surface area is 153 Å². The number of nitrogens with zero attached hydrogens (tertiary/aromatic N) is 2. The van der Waals surface area contributed by atoms with Gasteiger partial charge in [-0.25, -0.2) is 4.98 Å². The van der Waals surface area contributed by atoms with Gasteiger partial charge in [-0.3, -0.25) is 9.59 Å².